The number of ether oxygens (including phenoxy) is 1. The van der Waals surface area contributed by atoms with Crippen LogP contribution in [0.3, 0.4) is 0 Å². The summed E-state index contributed by atoms with van der Waals surface area (Å²) in [4.78, 5) is 0. The Hall–Kier alpha value is -1.72. The number of hydrogen-bond donors (Lipinski definition) is 0. The van der Waals surface area contributed by atoms with Crippen LogP contribution >= 0.6 is 46.4 Å². The molecule has 0 saturated carbocycles. The summed E-state index contributed by atoms with van der Waals surface area (Å²) >= 11 is 25.0. The molecule has 3 aromatic carbocycles. The fourth-order valence-electron chi connectivity index (χ4n) is 3.61. The van der Waals surface area contributed by atoms with Gasteiger partial charge in [-0.3, -0.25) is 0 Å². The SMILES string of the molecule is Clc1ccc(CO[C@@H](C[n+]2ccn(CCc3ccccc3)c2)c2ccc(Cl)cc2Cl)c(Cl)c1.[Cl-]. The Kier molecular flexibility index (Phi) is 10.1. The highest BCUT2D eigenvalue weighted by molar-refractivity contribution is 6.35. The Labute approximate surface area is 226 Å². The Morgan fingerprint density at radius 3 is 2.26 bits per heavy atom. The van der Waals surface area contributed by atoms with Gasteiger partial charge < -0.3 is 17.1 Å². The first-order valence-electron chi connectivity index (χ1n) is 10.6. The second kappa shape index (κ2) is 12.8. The van der Waals surface area contributed by atoms with Gasteiger partial charge in [0.1, 0.15) is 25.0 Å². The minimum Gasteiger partial charge on any atom is -1.00 e. The van der Waals surface area contributed by atoms with Crippen LogP contribution in [0.1, 0.15) is 22.8 Å². The molecule has 1 heterocycles. The first kappa shape index (κ1) is 26.9. The van der Waals surface area contributed by atoms with Crippen LogP contribution in [0.25, 0.3) is 0 Å². The van der Waals surface area contributed by atoms with Crippen LogP contribution < -0.4 is 17.0 Å². The average Bonchev–Trinajstić information content (AvgIpc) is 3.24. The second-order valence-corrected chi connectivity index (χ2v) is 9.47. The van der Waals surface area contributed by atoms with Gasteiger partial charge in [0, 0.05) is 32.1 Å². The van der Waals surface area contributed by atoms with E-state index in [4.69, 9.17) is 51.1 Å². The number of halogens is 5. The average molecular weight is 557 g/mol. The summed E-state index contributed by atoms with van der Waals surface area (Å²) in [6, 6.07) is 21.3. The van der Waals surface area contributed by atoms with Crippen molar-refractivity contribution in [2.75, 3.05) is 0 Å². The Bertz CT molecular complexity index is 1210. The fourth-order valence-corrected chi connectivity index (χ4v) is 4.60. The summed E-state index contributed by atoms with van der Waals surface area (Å²) in [6.07, 6.45) is 6.86. The van der Waals surface area contributed by atoms with Crippen LogP contribution in [0.15, 0.2) is 85.5 Å². The highest BCUT2D eigenvalue weighted by Crippen LogP contribution is 2.30. The molecule has 4 rings (SSSR count). The molecule has 0 bridgehead atoms. The second-order valence-electron chi connectivity index (χ2n) is 7.79. The van der Waals surface area contributed by atoms with E-state index in [0.29, 0.717) is 33.2 Å². The molecule has 8 heteroatoms. The Morgan fingerprint density at radius 1 is 0.853 bits per heavy atom. The van der Waals surface area contributed by atoms with Crippen LogP contribution in [-0.4, -0.2) is 4.57 Å². The van der Waals surface area contributed by atoms with Crippen molar-refractivity contribution in [2.45, 2.75) is 32.2 Å². The summed E-state index contributed by atoms with van der Waals surface area (Å²) in [7, 11) is 0. The van der Waals surface area contributed by atoms with Crippen LogP contribution in [0.5, 0.6) is 0 Å². The van der Waals surface area contributed by atoms with Crippen molar-refractivity contribution >= 4 is 46.4 Å². The number of nitrogens with zero attached hydrogens (tertiary/aromatic N) is 2. The molecule has 0 unspecified atom stereocenters. The molecule has 0 aliphatic rings. The van der Waals surface area contributed by atoms with Crippen molar-refractivity contribution < 1.29 is 21.7 Å². The molecule has 0 aliphatic heterocycles. The molecule has 4 aromatic rings. The van der Waals surface area contributed by atoms with Gasteiger partial charge in [-0.2, -0.15) is 0 Å². The third-order valence-electron chi connectivity index (χ3n) is 5.39. The van der Waals surface area contributed by atoms with Gasteiger partial charge in [-0.15, -0.1) is 0 Å². The van der Waals surface area contributed by atoms with Gasteiger partial charge in [0.2, 0.25) is 6.33 Å². The lowest BCUT2D eigenvalue weighted by Gasteiger charge is -2.19. The number of benzene rings is 3. The largest absolute Gasteiger partial charge is 1.00 e. The van der Waals surface area contributed by atoms with Crippen molar-refractivity contribution in [1.82, 2.24) is 4.57 Å². The van der Waals surface area contributed by atoms with Crippen molar-refractivity contribution in [3.63, 3.8) is 0 Å². The van der Waals surface area contributed by atoms with Gasteiger partial charge in [0.25, 0.3) is 0 Å². The van der Waals surface area contributed by atoms with Gasteiger partial charge in [0.15, 0.2) is 0 Å². The smallest absolute Gasteiger partial charge is 0.243 e. The molecule has 3 nitrogen and oxygen atoms in total. The summed E-state index contributed by atoms with van der Waals surface area (Å²) in [5.74, 6) is 0. The molecule has 34 heavy (non-hydrogen) atoms. The summed E-state index contributed by atoms with van der Waals surface area (Å²) < 4.78 is 10.6. The van der Waals surface area contributed by atoms with Crippen LogP contribution in [0.2, 0.25) is 20.1 Å². The molecule has 0 radical (unpaired) electrons. The van der Waals surface area contributed by atoms with Crippen molar-refractivity contribution in [3.05, 3.63) is 122 Å². The molecule has 0 fully saturated rings. The minimum absolute atomic E-state index is 0. The molecular formula is C26H23Cl5N2O. The Morgan fingerprint density at radius 2 is 1.56 bits per heavy atom. The van der Waals surface area contributed by atoms with Gasteiger partial charge in [-0.05, 0) is 35.4 Å². The molecule has 0 amide bonds. The topological polar surface area (TPSA) is 18.0 Å². The lowest BCUT2D eigenvalue weighted by molar-refractivity contribution is -0.704. The minimum atomic E-state index is -0.295. The van der Waals surface area contributed by atoms with E-state index in [1.807, 2.05) is 30.5 Å². The molecule has 1 atom stereocenters. The zero-order valence-electron chi connectivity index (χ0n) is 18.2. The first-order chi connectivity index (χ1) is 16.0. The lowest BCUT2D eigenvalue weighted by Crippen LogP contribution is -3.00. The van der Waals surface area contributed by atoms with Gasteiger partial charge in [-0.1, -0.05) is 88.9 Å². The number of rotatable bonds is 9. The van der Waals surface area contributed by atoms with Gasteiger partial charge in [-0.25, -0.2) is 9.13 Å². The zero-order valence-corrected chi connectivity index (χ0v) is 22.0. The molecule has 0 aliphatic carbocycles. The van der Waals surface area contributed by atoms with E-state index in [1.54, 1.807) is 18.2 Å². The van der Waals surface area contributed by atoms with Crippen LogP contribution in [0, 0.1) is 0 Å². The summed E-state index contributed by atoms with van der Waals surface area (Å²) in [6.45, 7) is 1.81. The molecule has 0 spiro atoms. The molecule has 0 saturated heterocycles. The number of aryl methyl sites for hydroxylation is 2. The molecule has 0 N–H and O–H groups in total. The quantitative estimate of drug-likeness (QED) is 0.276. The molecular weight excluding hydrogens is 534 g/mol. The Balaban J connectivity index is 0.00000324. The third kappa shape index (κ3) is 7.39. The molecule has 1 aromatic heterocycles. The number of hydrogen-bond acceptors (Lipinski definition) is 1. The van der Waals surface area contributed by atoms with Crippen molar-refractivity contribution in [2.24, 2.45) is 0 Å². The summed E-state index contributed by atoms with van der Waals surface area (Å²) in [5, 5.41) is 2.32. The fraction of sp³-hybridized carbons (Fsp3) is 0.192. The first-order valence-corrected chi connectivity index (χ1v) is 12.1. The number of imidazole rings is 1. The highest BCUT2D eigenvalue weighted by Gasteiger charge is 2.20. The normalized spacial score (nSPS) is 11.8. The standard InChI is InChI=1S/C26H23Cl4N2O.ClH/c27-21-7-6-20(24(29)14-21)17-33-26(23-9-8-22(28)15-25(23)30)16-32-13-12-31(18-32)11-10-19-4-2-1-3-5-19;/h1-9,12-15,18,26H,10-11,16-17H2;1H/q+1;/p-1/t26-;/m0./s1. The van der Waals surface area contributed by atoms with Gasteiger partial charge >= 0.3 is 0 Å². The molecule has 178 valence electrons. The van der Waals surface area contributed by atoms with E-state index < -0.39 is 0 Å². The number of aromatic nitrogens is 2. The van der Waals surface area contributed by atoms with E-state index in [1.165, 1.54) is 5.56 Å². The van der Waals surface area contributed by atoms with Crippen LogP contribution in [0.4, 0.5) is 0 Å². The maximum atomic E-state index is 6.52. The van der Waals surface area contributed by atoms with Crippen LogP contribution in [-0.2, 0) is 30.9 Å². The third-order valence-corrected chi connectivity index (χ3v) is 6.54. The summed E-state index contributed by atoms with van der Waals surface area (Å²) in [5.41, 5.74) is 3.05. The monoisotopic (exact) mass is 554 g/mol. The van der Waals surface area contributed by atoms with Crippen molar-refractivity contribution in [3.8, 4) is 0 Å². The van der Waals surface area contributed by atoms with E-state index in [-0.39, 0.29) is 18.5 Å². The maximum Gasteiger partial charge on any atom is 0.243 e. The van der Waals surface area contributed by atoms with Crippen molar-refractivity contribution in [1.29, 1.82) is 0 Å². The van der Waals surface area contributed by atoms with E-state index >= 15 is 0 Å². The lowest BCUT2D eigenvalue weighted by atomic mass is 10.1. The highest BCUT2D eigenvalue weighted by atomic mass is 35.5. The van der Waals surface area contributed by atoms with E-state index in [9.17, 15) is 0 Å². The van der Waals surface area contributed by atoms with Gasteiger partial charge in [0.05, 0.1) is 13.2 Å². The zero-order chi connectivity index (χ0) is 23.2. The van der Waals surface area contributed by atoms with E-state index in [2.05, 4.69) is 45.9 Å². The maximum absolute atomic E-state index is 6.52. The predicted molar refractivity (Wildman–Crippen MR) is 135 cm³/mol. The van der Waals surface area contributed by atoms with E-state index in [0.717, 1.165) is 24.1 Å². The predicted octanol–water partition coefficient (Wildman–Crippen LogP) is 4.59.